The summed E-state index contributed by atoms with van der Waals surface area (Å²) in [6.45, 7) is 1.77. The Morgan fingerprint density at radius 3 is 2.92 bits per heavy atom. The van der Waals surface area contributed by atoms with Crippen molar-refractivity contribution in [3.8, 4) is 0 Å². The molecule has 0 saturated carbocycles. The molecule has 0 aliphatic heterocycles. The van der Waals surface area contributed by atoms with E-state index in [-0.39, 0.29) is 0 Å². The molecule has 0 amide bonds. The second-order valence-corrected chi connectivity index (χ2v) is 3.23. The minimum absolute atomic E-state index is 0.445. The first-order valence-electron chi connectivity index (χ1n) is 4.29. The normalized spacial score (nSPS) is 13.5. The lowest BCUT2D eigenvalue weighted by atomic mass is 10.1. The zero-order valence-corrected chi connectivity index (χ0v) is 7.73. The van der Waals surface area contributed by atoms with E-state index in [4.69, 9.17) is 0 Å². The molecule has 0 spiro atoms. The second kappa shape index (κ2) is 2.85. The molecule has 1 atom stereocenters. The van der Waals surface area contributed by atoms with Crippen molar-refractivity contribution < 1.29 is 5.11 Å². The highest BCUT2D eigenvalue weighted by Crippen LogP contribution is 2.22. The molecule has 13 heavy (non-hydrogen) atoms. The molecule has 1 heterocycles. The molecule has 0 aliphatic rings. The number of aliphatic hydroxyl groups excluding tert-OH is 1. The van der Waals surface area contributed by atoms with Crippen LogP contribution in [-0.4, -0.2) is 14.9 Å². The van der Waals surface area contributed by atoms with Crippen molar-refractivity contribution in [3.05, 3.63) is 30.0 Å². The monoisotopic (exact) mass is 176 g/mol. The molecule has 68 valence electrons. The van der Waals surface area contributed by atoms with Gasteiger partial charge in [0.1, 0.15) is 0 Å². The van der Waals surface area contributed by atoms with Crippen LogP contribution in [0.3, 0.4) is 0 Å². The summed E-state index contributed by atoms with van der Waals surface area (Å²) < 4.78 is 1.79. The standard InChI is InChI=1S/C10H12N2O/c1-7(13)9-5-3-4-8-6-11-12(2)10(8)9/h3-7,13H,1-2H3/t7-/m1/s1. The largest absolute Gasteiger partial charge is 0.389 e. The fourth-order valence-corrected chi connectivity index (χ4v) is 1.60. The van der Waals surface area contributed by atoms with Crippen molar-refractivity contribution in [2.75, 3.05) is 0 Å². The van der Waals surface area contributed by atoms with E-state index in [1.165, 1.54) is 0 Å². The van der Waals surface area contributed by atoms with Gasteiger partial charge >= 0.3 is 0 Å². The number of hydrogen-bond acceptors (Lipinski definition) is 2. The van der Waals surface area contributed by atoms with E-state index in [1.54, 1.807) is 17.8 Å². The Morgan fingerprint density at radius 1 is 1.46 bits per heavy atom. The van der Waals surface area contributed by atoms with Crippen LogP contribution in [0.1, 0.15) is 18.6 Å². The van der Waals surface area contributed by atoms with Crippen molar-refractivity contribution in [1.29, 1.82) is 0 Å². The summed E-state index contributed by atoms with van der Waals surface area (Å²) >= 11 is 0. The zero-order chi connectivity index (χ0) is 9.42. The van der Waals surface area contributed by atoms with Gasteiger partial charge in [-0.05, 0) is 6.92 Å². The van der Waals surface area contributed by atoms with Crippen molar-refractivity contribution in [2.24, 2.45) is 7.05 Å². The van der Waals surface area contributed by atoms with Gasteiger partial charge in [-0.2, -0.15) is 5.10 Å². The summed E-state index contributed by atoms with van der Waals surface area (Å²) in [5.74, 6) is 0. The molecule has 2 rings (SSSR count). The lowest BCUT2D eigenvalue weighted by Gasteiger charge is -2.06. The third kappa shape index (κ3) is 1.21. The predicted molar refractivity (Wildman–Crippen MR) is 51.3 cm³/mol. The van der Waals surface area contributed by atoms with Crippen LogP contribution in [0, 0.1) is 0 Å². The minimum atomic E-state index is -0.445. The van der Waals surface area contributed by atoms with E-state index >= 15 is 0 Å². The van der Waals surface area contributed by atoms with Gasteiger partial charge in [-0.1, -0.05) is 18.2 Å². The number of rotatable bonds is 1. The van der Waals surface area contributed by atoms with E-state index in [1.807, 2.05) is 25.2 Å². The molecular formula is C10H12N2O. The topological polar surface area (TPSA) is 38.1 Å². The minimum Gasteiger partial charge on any atom is -0.389 e. The maximum atomic E-state index is 9.52. The number of aliphatic hydroxyl groups is 1. The highest BCUT2D eigenvalue weighted by molar-refractivity contribution is 5.82. The highest BCUT2D eigenvalue weighted by Gasteiger charge is 2.08. The zero-order valence-electron chi connectivity index (χ0n) is 7.73. The average molecular weight is 176 g/mol. The fraction of sp³-hybridized carbons (Fsp3) is 0.300. The first-order valence-corrected chi connectivity index (χ1v) is 4.29. The summed E-state index contributed by atoms with van der Waals surface area (Å²) in [5.41, 5.74) is 1.94. The maximum Gasteiger partial charge on any atom is 0.0782 e. The molecule has 0 bridgehead atoms. The van der Waals surface area contributed by atoms with Crippen LogP contribution in [-0.2, 0) is 7.05 Å². The van der Waals surface area contributed by atoms with Crippen molar-refractivity contribution >= 4 is 10.9 Å². The number of fused-ring (bicyclic) bond motifs is 1. The fourth-order valence-electron chi connectivity index (χ4n) is 1.60. The van der Waals surface area contributed by atoms with Gasteiger partial charge in [0.2, 0.25) is 0 Å². The SMILES string of the molecule is C[C@@H](O)c1cccc2cnn(C)c12. The van der Waals surface area contributed by atoms with Crippen molar-refractivity contribution in [3.63, 3.8) is 0 Å². The first-order chi connectivity index (χ1) is 6.20. The molecule has 3 heteroatoms. The number of nitrogens with zero attached hydrogens (tertiary/aromatic N) is 2. The van der Waals surface area contributed by atoms with Gasteiger partial charge in [-0.3, -0.25) is 4.68 Å². The maximum absolute atomic E-state index is 9.52. The third-order valence-corrected chi connectivity index (χ3v) is 2.24. The van der Waals surface area contributed by atoms with E-state index < -0.39 is 6.10 Å². The molecule has 0 saturated heterocycles. The number of aromatic nitrogens is 2. The molecule has 0 unspecified atom stereocenters. The predicted octanol–water partition coefficient (Wildman–Crippen LogP) is 1.63. The van der Waals surface area contributed by atoms with Gasteiger partial charge in [0.25, 0.3) is 0 Å². The number of benzene rings is 1. The van der Waals surface area contributed by atoms with Gasteiger partial charge in [-0.15, -0.1) is 0 Å². The Kier molecular flexibility index (Phi) is 1.81. The smallest absolute Gasteiger partial charge is 0.0782 e. The van der Waals surface area contributed by atoms with E-state index in [0.717, 1.165) is 16.5 Å². The van der Waals surface area contributed by atoms with E-state index in [2.05, 4.69) is 5.10 Å². The first kappa shape index (κ1) is 8.26. The molecule has 1 aromatic carbocycles. The Labute approximate surface area is 76.6 Å². The van der Waals surface area contributed by atoms with Crippen LogP contribution in [0.2, 0.25) is 0 Å². The number of hydrogen-bond donors (Lipinski definition) is 1. The van der Waals surface area contributed by atoms with Crippen LogP contribution < -0.4 is 0 Å². The van der Waals surface area contributed by atoms with Crippen LogP contribution in [0.4, 0.5) is 0 Å². The van der Waals surface area contributed by atoms with Gasteiger partial charge in [0, 0.05) is 18.0 Å². The quantitative estimate of drug-likeness (QED) is 0.717. The van der Waals surface area contributed by atoms with Crippen molar-refractivity contribution in [2.45, 2.75) is 13.0 Å². The molecule has 1 aromatic heterocycles. The van der Waals surface area contributed by atoms with Crippen LogP contribution in [0.25, 0.3) is 10.9 Å². The third-order valence-electron chi connectivity index (χ3n) is 2.24. The Morgan fingerprint density at radius 2 is 2.23 bits per heavy atom. The van der Waals surface area contributed by atoms with Gasteiger partial charge in [0.15, 0.2) is 0 Å². The number of aryl methyl sites for hydroxylation is 1. The van der Waals surface area contributed by atoms with Crippen LogP contribution >= 0.6 is 0 Å². The molecule has 0 radical (unpaired) electrons. The molecular weight excluding hydrogens is 164 g/mol. The van der Waals surface area contributed by atoms with Crippen LogP contribution in [0.5, 0.6) is 0 Å². The molecule has 1 N–H and O–H groups in total. The summed E-state index contributed by atoms with van der Waals surface area (Å²) in [6.07, 6.45) is 1.36. The number of para-hydroxylation sites is 1. The summed E-state index contributed by atoms with van der Waals surface area (Å²) in [6, 6.07) is 5.86. The average Bonchev–Trinajstić information content (AvgIpc) is 2.48. The molecule has 3 nitrogen and oxygen atoms in total. The molecule has 2 aromatic rings. The summed E-state index contributed by atoms with van der Waals surface area (Å²) in [7, 11) is 1.88. The Bertz CT molecular complexity index is 431. The highest BCUT2D eigenvalue weighted by atomic mass is 16.3. The Balaban J connectivity index is 2.80. The van der Waals surface area contributed by atoms with Gasteiger partial charge < -0.3 is 5.11 Å². The van der Waals surface area contributed by atoms with E-state index in [9.17, 15) is 5.11 Å². The van der Waals surface area contributed by atoms with Gasteiger partial charge in [-0.25, -0.2) is 0 Å². The van der Waals surface area contributed by atoms with E-state index in [0.29, 0.717) is 0 Å². The molecule has 0 aliphatic carbocycles. The molecule has 0 fully saturated rings. The van der Waals surface area contributed by atoms with Crippen molar-refractivity contribution in [1.82, 2.24) is 9.78 Å². The van der Waals surface area contributed by atoms with Gasteiger partial charge in [0.05, 0.1) is 17.8 Å². The second-order valence-electron chi connectivity index (χ2n) is 3.23. The van der Waals surface area contributed by atoms with Crippen LogP contribution in [0.15, 0.2) is 24.4 Å². The summed E-state index contributed by atoms with van der Waals surface area (Å²) in [5, 5.41) is 14.7. The summed E-state index contributed by atoms with van der Waals surface area (Å²) in [4.78, 5) is 0. The Hall–Kier alpha value is -1.35. The lowest BCUT2D eigenvalue weighted by Crippen LogP contribution is -1.97. The lowest BCUT2D eigenvalue weighted by molar-refractivity contribution is 0.200.